The van der Waals surface area contributed by atoms with Crippen molar-refractivity contribution in [2.75, 3.05) is 0 Å². The van der Waals surface area contributed by atoms with Crippen molar-refractivity contribution in [1.29, 1.82) is 0 Å². The van der Waals surface area contributed by atoms with Gasteiger partial charge < -0.3 is 11.5 Å². The fourth-order valence-corrected chi connectivity index (χ4v) is 4.51. The molecule has 1 rings (SSSR count). The zero-order valence-corrected chi connectivity index (χ0v) is 16.9. The van der Waals surface area contributed by atoms with Crippen molar-refractivity contribution >= 4 is 65.1 Å². The number of halogens is 3. The van der Waals surface area contributed by atoms with Crippen LogP contribution in [0.25, 0.3) is 0 Å². The van der Waals surface area contributed by atoms with Gasteiger partial charge >= 0.3 is 0 Å². The number of benzene rings is 1. The summed E-state index contributed by atoms with van der Waals surface area (Å²) < 4.78 is 0. The number of hydrogen-bond acceptors (Lipinski definition) is 1. The molecule has 0 heterocycles. The lowest BCUT2D eigenvalue weighted by molar-refractivity contribution is 1.11. The minimum absolute atomic E-state index is 0.000000000000000222. The molecule has 0 aliphatic rings. The summed E-state index contributed by atoms with van der Waals surface area (Å²) in [6.45, 7) is 6.64. The molecule has 2 nitrogen and oxygen atoms in total. The molecule has 1 aromatic carbocycles. The molecule has 0 unspecified atom stereocenters. The van der Waals surface area contributed by atoms with Gasteiger partial charge in [-0.25, -0.2) is 0 Å². The van der Waals surface area contributed by atoms with E-state index in [4.69, 9.17) is 0 Å². The predicted octanol–water partition coefficient (Wildman–Crippen LogP) is 4.49. The summed E-state index contributed by atoms with van der Waals surface area (Å²) in [6.07, 6.45) is 0. The van der Waals surface area contributed by atoms with Crippen LogP contribution < -0.4 is 11.5 Å². The van der Waals surface area contributed by atoms with E-state index in [0.717, 1.165) is 16.0 Å². The van der Waals surface area contributed by atoms with Crippen LogP contribution in [0.5, 0.6) is 0 Å². The maximum Gasteiger partial charge on any atom is 0.160 e. The van der Waals surface area contributed by atoms with Crippen molar-refractivity contribution in [3.63, 3.8) is 0 Å². The van der Waals surface area contributed by atoms with Gasteiger partial charge in [-0.1, -0.05) is 47.8 Å². The molecular formula is C13H19Br3N2S. The van der Waals surface area contributed by atoms with Crippen LogP contribution in [0.4, 0.5) is 0 Å². The molecule has 0 aliphatic carbocycles. The Bertz CT molecular complexity index is 379. The SMILES string of the molecule is Cc1c(CBr)c(C)c(CBr)c(C)c1CBr.NC(N)=S. The van der Waals surface area contributed by atoms with E-state index in [2.05, 4.69) is 92.2 Å². The lowest BCUT2D eigenvalue weighted by atomic mass is 9.90. The zero-order valence-electron chi connectivity index (χ0n) is 11.3. The molecule has 0 aromatic heterocycles. The van der Waals surface area contributed by atoms with Gasteiger partial charge in [-0.05, 0) is 66.4 Å². The third-order valence-corrected chi connectivity index (χ3v) is 4.80. The molecule has 6 heteroatoms. The monoisotopic (exact) mass is 472 g/mol. The van der Waals surface area contributed by atoms with Crippen LogP contribution >= 0.6 is 60.0 Å². The number of nitrogens with two attached hydrogens (primary N) is 2. The summed E-state index contributed by atoms with van der Waals surface area (Å²) in [4.78, 5) is 0. The summed E-state index contributed by atoms with van der Waals surface area (Å²) in [6, 6.07) is 0. The van der Waals surface area contributed by atoms with Crippen LogP contribution in [0.2, 0.25) is 0 Å². The first-order chi connectivity index (χ1) is 8.81. The first kappa shape index (κ1) is 19.4. The van der Waals surface area contributed by atoms with Crippen LogP contribution in [-0.4, -0.2) is 5.11 Å². The summed E-state index contributed by atoms with van der Waals surface area (Å²) >= 11 is 14.8. The first-order valence-electron chi connectivity index (χ1n) is 5.64. The Kier molecular flexibility index (Phi) is 9.49. The predicted molar refractivity (Wildman–Crippen MR) is 99.5 cm³/mol. The molecule has 0 saturated heterocycles. The highest BCUT2D eigenvalue weighted by Gasteiger charge is 2.14. The van der Waals surface area contributed by atoms with Crippen molar-refractivity contribution in [2.45, 2.75) is 36.8 Å². The van der Waals surface area contributed by atoms with E-state index in [1.165, 1.54) is 33.4 Å². The first-order valence-corrected chi connectivity index (χ1v) is 9.42. The van der Waals surface area contributed by atoms with E-state index >= 15 is 0 Å². The third kappa shape index (κ3) is 5.33. The largest absolute Gasteiger partial charge is 0.377 e. The lowest BCUT2D eigenvalue weighted by Crippen LogP contribution is -2.18. The summed E-state index contributed by atoms with van der Waals surface area (Å²) in [5.74, 6) is 0. The van der Waals surface area contributed by atoms with Crippen molar-refractivity contribution in [2.24, 2.45) is 11.5 Å². The van der Waals surface area contributed by atoms with Crippen molar-refractivity contribution in [3.8, 4) is 0 Å². The molecule has 19 heavy (non-hydrogen) atoms. The fourth-order valence-electron chi connectivity index (χ4n) is 1.99. The molecule has 0 saturated carbocycles. The topological polar surface area (TPSA) is 52.0 Å². The van der Waals surface area contributed by atoms with Gasteiger partial charge in [0, 0.05) is 16.0 Å². The van der Waals surface area contributed by atoms with E-state index < -0.39 is 0 Å². The molecule has 0 amide bonds. The molecule has 0 bridgehead atoms. The van der Waals surface area contributed by atoms with Crippen LogP contribution in [0, 0.1) is 20.8 Å². The summed E-state index contributed by atoms with van der Waals surface area (Å²) in [5, 5.41) is 2.81. The number of alkyl halides is 3. The maximum absolute atomic E-state index is 4.62. The van der Waals surface area contributed by atoms with Crippen LogP contribution in [0.15, 0.2) is 0 Å². The van der Waals surface area contributed by atoms with Gasteiger partial charge in [0.1, 0.15) is 0 Å². The molecule has 0 aliphatic heterocycles. The highest BCUT2D eigenvalue weighted by molar-refractivity contribution is 9.09. The smallest absolute Gasteiger partial charge is 0.160 e. The third-order valence-electron chi connectivity index (χ3n) is 3.12. The zero-order chi connectivity index (χ0) is 15.2. The van der Waals surface area contributed by atoms with Gasteiger partial charge in [-0.3, -0.25) is 0 Å². The quantitative estimate of drug-likeness (QED) is 0.501. The van der Waals surface area contributed by atoms with Gasteiger partial charge in [-0.15, -0.1) is 0 Å². The summed E-state index contributed by atoms with van der Waals surface area (Å²) in [7, 11) is 0. The van der Waals surface area contributed by atoms with Crippen LogP contribution in [0.1, 0.15) is 33.4 Å². The second kappa shape index (κ2) is 9.32. The Labute approximate surface area is 146 Å². The standard InChI is InChI=1S/C12H15Br3.CH4N2S/c1-7-10(4-13)8(2)12(6-15)9(3)11(7)5-14;2-1(3)4/h4-6H2,1-3H3;(H4,2,3,4). The molecular weight excluding hydrogens is 456 g/mol. The van der Waals surface area contributed by atoms with E-state index in [1.807, 2.05) is 0 Å². The van der Waals surface area contributed by atoms with Crippen LogP contribution in [0.3, 0.4) is 0 Å². The number of rotatable bonds is 3. The second-order valence-corrected chi connectivity index (χ2v) is 6.27. The highest BCUT2D eigenvalue weighted by atomic mass is 79.9. The van der Waals surface area contributed by atoms with E-state index in [-0.39, 0.29) is 5.11 Å². The Balaban J connectivity index is 0.000000711. The molecule has 0 spiro atoms. The maximum atomic E-state index is 4.62. The summed E-state index contributed by atoms with van der Waals surface area (Å²) in [5.41, 5.74) is 17.8. The van der Waals surface area contributed by atoms with Gasteiger partial charge in [0.2, 0.25) is 0 Å². The second-order valence-electron chi connectivity index (χ2n) is 4.11. The Morgan fingerprint density at radius 1 is 0.789 bits per heavy atom. The normalized spacial score (nSPS) is 9.79. The Morgan fingerprint density at radius 3 is 1.05 bits per heavy atom. The average Bonchev–Trinajstić information content (AvgIpc) is 2.30. The molecule has 0 radical (unpaired) electrons. The van der Waals surface area contributed by atoms with Crippen molar-refractivity contribution in [1.82, 2.24) is 0 Å². The fraction of sp³-hybridized carbons (Fsp3) is 0.462. The molecule has 108 valence electrons. The van der Waals surface area contributed by atoms with Gasteiger partial charge in [0.15, 0.2) is 5.11 Å². The van der Waals surface area contributed by atoms with E-state index in [0.29, 0.717) is 0 Å². The van der Waals surface area contributed by atoms with E-state index in [9.17, 15) is 0 Å². The number of thiocarbonyl (C=S) groups is 1. The molecule has 0 atom stereocenters. The Morgan fingerprint density at radius 2 is 0.947 bits per heavy atom. The average molecular weight is 475 g/mol. The van der Waals surface area contributed by atoms with Gasteiger partial charge in [-0.2, -0.15) is 0 Å². The van der Waals surface area contributed by atoms with Gasteiger partial charge in [0.25, 0.3) is 0 Å². The number of hydrogen-bond donors (Lipinski definition) is 2. The van der Waals surface area contributed by atoms with Crippen molar-refractivity contribution < 1.29 is 0 Å². The molecule has 0 fully saturated rings. The highest BCUT2D eigenvalue weighted by Crippen LogP contribution is 2.31. The van der Waals surface area contributed by atoms with Gasteiger partial charge in [0.05, 0.1) is 0 Å². The minimum atomic E-state index is 0.000000000000000222. The van der Waals surface area contributed by atoms with Crippen LogP contribution in [-0.2, 0) is 16.0 Å². The molecule has 1 aromatic rings. The lowest BCUT2D eigenvalue weighted by Gasteiger charge is -2.19. The molecule has 4 N–H and O–H groups in total. The Hall–Kier alpha value is 0.350. The van der Waals surface area contributed by atoms with E-state index in [1.54, 1.807) is 0 Å². The van der Waals surface area contributed by atoms with Crippen molar-refractivity contribution in [3.05, 3.63) is 33.4 Å². The minimum Gasteiger partial charge on any atom is -0.377 e.